The summed E-state index contributed by atoms with van der Waals surface area (Å²) in [6, 6.07) is 9.01. The van der Waals surface area contributed by atoms with Crippen molar-refractivity contribution in [3.63, 3.8) is 0 Å². The van der Waals surface area contributed by atoms with Crippen molar-refractivity contribution in [2.75, 3.05) is 12.9 Å². The molecule has 0 heterocycles. The molecule has 0 saturated heterocycles. The van der Waals surface area contributed by atoms with Crippen LogP contribution < -0.4 is 5.30 Å². The van der Waals surface area contributed by atoms with Crippen LogP contribution in [0.3, 0.4) is 0 Å². The van der Waals surface area contributed by atoms with Crippen LogP contribution in [0.5, 0.6) is 0 Å². The normalized spacial score (nSPS) is 12.9. The van der Waals surface area contributed by atoms with Crippen molar-refractivity contribution in [2.24, 2.45) is 0 Å². The van der Waals surface area contributed by atoms with Crippen molar-refractivity contribution in [2.45, 2.75) is 13.3 Å². The fraction of sp³-hybridized carbons (Fsp3) is 0.400. The second-order valence-corrected chi connectivity index (χ2v) is 7.32. The second-order valence-electron chi connectivity index (χ2n) is 2.70. The topological polar surface area (TPSA) is 0 Å². The van der Waals surface area contributed by atoms with Crippen LogP contribution in [0, 0.1) is 0 Å². The highest BCUT2D eigenvalue weighted by molar-refractivity contribution is 8.57. The van der Waals surface area contributed by atoms with Crippen molar-refractivity contribution >= 4 is 23.8 Å². The Labute approximate surface area is 80.3 Å². The molecule has 66 valence electrons. The molecule has 0 aliphatic carbocycles. The van der Waals surface area contributed by atoms with Gasteiger partial charge in [-0.3, -0.25) is 0 Å². The van der Waals surface area contributed by atoms with Crippen LogP contribution in [-0.2, 0) is 6.42 Å². The van der Waals surface area contributed by atoms with E-state index < -0.39 is 0 Å². The van der Waals surface area contributed by atoms with E-state index >= 15 is 0 Å². The standard InChI is InChI=1S/C10H15PS/c1-4-9-5-7-10(8-6-9)11(2)12-3/h5-8H,4H2,1-3H3. The summed E-state index contributed by atoms with van der Waals surface area (Å²) in [6.07, 6.45) is 3.32. The van der Waals surface area contributed by atoms with Crippen LogP contribution in [0.1, 0.15) is 12.5 Å². The van der Waals surface area contributed by atoms with Gasteiger partial charge in [0.2, 0.25) is 0 Å². The van der Waals surface area contributed by atoms with Gasteiger partial charge in [-0.1, -0.05) is 31.2 Å². The molecule has 0 aromatic heterocycles. The molecule has 1 unspecified atom stereocenters. The van der Waals surface area contributed by atoms with E-state index in [9.17, 15) is 0 Å². The third-order valence-electron chi connectivity index (χ3n) is 1.98. The van der Waals surface area contributed by atoms with Crippen LogP contribution in [-0.4, -0.2) is 12.9 Å². The largest absolute Gasteiger partial charge is 0.133 e. The molecule has 0 aliphatic heterocycles. The summed E-state index contributed by atoms with van der Waals surface area (Å²) in [4.78, 5) is 0. The van der Waals surface area contributed by atoms with Crippen LogP contribution >= 0.6 is 18.5 Å². The monoisotopic (exact) mass is 198 g/mol. The molecule has 1 aromatic carbocycles. The first-order valence-corrected chi connectivity index (χ1v) is 7.76. The first kappa shape index (κ1) is 10.1. The summed E-state index contributed by atoms with van der Waals surface area (Å²) in [5.74, 6) is 0. The Morgan fingerprint density at radius 2 is 1.83 bits per heavy atom. The van der Waals surface area contributed by atoms with Gasteiger partial charge >= 0.3 is 0 Å². The van der Waals surface area contributed by atoms with Gasteiger partial charge < -0.3 is 0 Å². The number of hydrogen-bond donors (Lipinski definition) is 0. The highest BCUT2D eigenvalue weighted by Crippen LogP contribution is 2.42. The predicted octanol–water partition coefficient (Wildman–Crippen LogP) is 3.26. The molecule has 1 atom stereocenters. The van der Waals surface area contributed by atoms with E-state index in [-0.39, 0.29) is 7.12 Å². The molecule has 0 radical (unpaired) electrons. The molecular weight excluding hydrogens is 183 g/mol. The van der Waals surface area contributed by atoms with Crippen LogP contribution in [0.25, 0.3) is 0 Å². The van der Waals surface area contributed by atoms with Gasteiger partial charge in [-0.25, -0.2) is 0 Å². The molecule has 0 spiro atoms. The van der Waals surface area contributed by atoms with E-state index in [1.165, 1.54) is 10.9 Å². The van der Waals surface area contributed by atoms with Gasteiger partial charge in [-0.2, -0.15) is 0 Å². The molecule has 0 N–H and O–H groups in total. The zero-order valence-corrected chi connectivity index (χ0v) is 9.58. The maximum atomic E-state index is 2.31. The Bertz CT molecular complexity index is 230. The Morgan fingerprint density at radius 1 is 1.25 bits per heavy atom. The second kappa shape index (κ2) is 4.89. The first-order valence-electron chi connectivity index (χ1n) is 4.14. The van der Waals surface area contributed by atoms with Gasteiger partial charge in [0.25, 0.3) is 0 Å². The minimum absolute atomic E-state index is 0.0258. The van der Waals surface area contributed by atoms with Crippen LogP contribution in [0.4, 0.5) is 0 Å². The number of hydrogen-bond acceptors (Lipinski definition) is 1. The SMILES string of the molecule is CCc1ccc(P(C)SC)cc1. The smallest absolute Gasteiger partial charge is 0.0139 e. The fourth-order valence-electron chi connectivity index (χ4n) is 1.05. The molecule has 0 fully saturated rings. The van der Waals surface area contributed by atoms with Crippen molar-refractivity contribution in [1.29, 1.82) is 0 Å². The molecule has 1 aromatic rings. The summed E-state index contributed by atoms with van der Waals surface area (Å²) in [5, 5.41) is 1.50. The van der Waals surface area contributed by atoms with E-state index in [4.69, 9.17) is 0 Å². The highest BCUT2D eigenvalue weighted by Gasteiger charge is 2.01. The van der Waals surface area contributed by atoms with E-state index in [1.54, 1.807) is 0 Å². The minimum Gasteiger partial charge on any atom is -0.133 e. The predicted molar refractivity (Wildman–Crippen MR) is 61.8 cm³/mol. The minimum atomic E-state index is 0.0258. The quantitative estimate of drug-likeness (QED) is 0.672. The van der Waals surface area contributed by atoms with Crippen LogP contribution in [0.2, 0.25) is 0 Å². The molecule has 0 amide bonds. The van der Waals surface area contributed by atoms with E-state index in [2.05, 4.69) is 44.1 Å². The summed E-state index contributed by atoms with van der Waals surface area (Å²) < 4.78 is 0. The maximum absolute atomic E-state index is 2.31. The van der Waals surface area contributed by atoms with E-state index in [1.807, 2.05) is 11.4 Å². The van der Waals surface area contributed by atoms with Crippen molar-refractivity contribution in [3.05, 3.63) is 29.8 Å². The maximum Gasteiger partial charge on any atom is -0.0139 e. The van der Waals surface area contributed by atoms with Gasteiger partial charge in [0.15, 0.2) is 0 Å². The lowest BCUT2D eigenvalue weighted by Crippen LogP contribution is -1.96. The molecule has 1 rings (SSSR count). The summed E-state index contributed by atoms with van der Waals surface area (Å²) in [6.45, 7) is 4.50. The zero-order valence-electron chi connectivity index (χ0n) is 7.87. The Morgan fingerprint density at radius 3 is 2.25 bits per heavy atom. The van der Waals surface area contributed by atoms with E-state index in [0.29, 0.717) is 0 Å². The molecule has 0 nitrogen and oxygen atoms in total. The first-order chi connectivity index (χ1) is 5.77. The average Bonchev–Trinajstić information content (AvgIpc) is 2.17. The lowest BCUT2D eigenvalue weighted by Gasteiger charge is -2.08. The molecule has 0 aliphatic rings. The van der Waals surface area contributed by atoms with Crippen molar-refractivity contribution in [3.8, 4) is 0 Å². The summed E-state index contributed by atoms with van der Waals surface area (Å²) in [7, 11) is 0.0258. The average molecular weight is 198 g/mol. The van der Waals surface area contributed by atoms with Crippen molar-refractivity contribution in [1.82, 2.24) is 0 Å². The number of rotatable bonds is 3. The number of aryl methyl sites for hydroxylation is 1. The Balaban J connectivity index is 2.77. The molecule has 0 bridgehead atoms. The third kappa shape index (κ3) is 2.50. The van der Waals surface area contributed by atoms with Crippen molar-refractivity contribution < 1.29 is 0 Å². The lowest BCUT2D eigenvalue weighted by atomic mass is 10.2. The molecule has 0 saturated carbocycles. The fourth-order valence-corrected chi connectivity index (χ4v) is 2.82. The van der Waals surface area contributed by atoms with Gasteiger partial charge in [-0.15, -0.1) is 11.4 Å². The number of benzene rings is 1. The van der Waals surface area contributed by atoms with Gasteiger partial charge in [0.1, 0.15) is 0 Å². The highest BCUT2D eigenvalue weighted by atomic mass is 32.7. The lowest BCUT2D eigenvalue weighted by molar-refractivity contribution is 1.14. The molecular formula is C10H15PS. The van der Waals surface area contributed by atoms with Gasteiger partial charge in [0, 0.05) is 0 Å². The van der Waals surface area contributed by atoms with Gasteiger partial charge in [0.05, 0.1) is 0 Å². The van der Waals surface area contributed by atoms with Gasteiger partial charge in [-0.05, 0) is 37.3 Å². The Kier molecular flexibility index (Phi) is 4.11. The summed E-state index contributed by atoms with van der Waals surface area (Å²) in [5.41, 5.74) is 1.43. The Hall–Kier alpha value is -0.0000000000000000555. The van der Waals surface area contributed by atoms with Crippen LogP contribution in [0.15, 0.2) is 24.3 Å². The molecule has 2 heteroatoms. The molecule has 12 heavy (non-hydrogen) atoms. The third-order valence-corrected chi connectivity index (χ3v) is 5.83. The van der Waals surface area contributed by atoms with E-state index in [0.717, 1.165) is 6.42 Å². The summed E-state index contributed by atoms with van der Waals surface area (Å²) >= 11 is 1.96. The zero-order chi connectivity index (χ0) is 8.97.